The van der Waals surface area contributed by atoms with Gasteiger partial charge in [0.2, 0.25) is 0 Å². The zero-order chi connectivity index (χ0) is 16.3. The Morgan fingerprint density at radius 1 is 1.00 bits per heavy atom. The molecule has 0 spiro atoms. The summed E-state index contributed by atoms with van der Waals surface area (Å²) >= 11 is 5.66. The minimum absolute atomic E-state index is 0.0613. The van der Waals surface area contributed by atoms with Gasteiger partial charge in [0.15, 0.2) is 0 Å². The number of benzene rings is 2. The maximum absolute atomic E-state index is 13.2. The van der Waals surface area contributed by atoms with Crippen LogP contribution in [-0.2, 0) is 0 Å². The molecular formula is C14H10ClF2N3O2. The molecule has 8 heteroatoms. The van der Waals surface area contributed by atoms with Crippen LogP contribution in [0.1, 0.15) is 10.4 Å². The van der Waals surface area contributed by atoms with E-state index in [0.29, 0.717) is 0 Å². The lowest BCUT2D eigenvalue weighted by Gasteiger charge is -2.11. The van der Waals surface area contributed by atoms with E-state index in [4.69, 9.17) is 17.3 Å². The third kappa shape index (κ3) is 3.92. The molecule has 0 fully saturated rings. The molecule has 3 amide bonds. The predicted molar refractivity (Wildman–Crippen MR) is 79.0 cm³/mol. The van der Waals surface area contributed by atoms with Crippen molar-refractivity contribution in [1.29, 1.82) is 0 Å². The van der Waals surface area contributed by atoms with Gasteiger partial charge in [-0.2, -0.15) is 0 Å². The Morgan fingerprint density at radius 3 is 2.36 bits per heavy atom. The minimum atomic E-state index is -0.830. The Hall–Kier alpha value is -2.67. The smallest absolute Gasteiger partial charge is 0.323 e. The van der Waals surface area contributed by atoms with Gasteiger partial charge in [0.1, 0.15) is 11.6 Å². The molecule has 0 aliphatic rings. The second kappa shape index (κ2) is 6.40. The van der Waals surface area contributed by atoms with Gasteiger partial charge in [-0.3, -0.25) is 4.79 Å². The lowest BCUT2D eigenvalue weighted by atomic mass is 10.1. The van der Waals surface area contributed by atoms with E-state index in [1.54, 1.807) is 0 Å². The fourth-order valence-corrected chi connectivity index (χ4v) is 1.97. The van der Waals surface area contributed by atoms with Crippen LogP contribution in [0.2, 0.25) is 5.02 Å². The summed E-state index contributed by atoms with van der Waals surface area (Å²) < 4.78 is 26.4. The van der Waals surface area contributed by atoms with Crippen molar-refractivity contribution in [2.75, 3.05) is 10.6 Å². The summed E-state index contributed by atoms with van der Waals surface area (Å²) in [7, 11) is 0. The van der Waals surface area contributed by atoms with E-state index in [0.717, 1.165) is 30.3 Å². The van der Waals surface area contributed by atoms with Crippen LogP contribution in [0.5, 0.6) is 0 Å². The highest BCUT2D eigenvalue weighted by molar-refractivity contribution is 6.31. The molecule has 4 N–H and O–H groups in total. The summed E-state index contributed by atoms with van der Waals surface area (Å²) in [5.41, 5.74) is 5.06. The quantitative estimate of drug-likeness (QED) is 0.808. The Bertz CT molecular complexity index is 733. The molecule has 0 radical (unpaired) electrons. The van der Waals surface area contributed by atoms with Crippen molar-refractivity contribution in [3.8, 4) is 0 Å². The van der Waals surface area contributed by atoms with Crippen LogP contribution in [-0.4, -0.2) is 11.9 Å². The first-order valence-electron chi connectivity index (χ1n) is 5.98. The van der Waals surface area contributed by atoms with Gasteiger partial charge in [-0.25, -0.2) is 13.6 Å². The van der Waals surface area contributed by atoms with Crippen molar-refractivity contribution in [1.82, 2.24) is 0 Å². The number of nitrogens with one attached hydrogen (secondary N) is 2. The van der Waals surface area contributed by atoms with Gasteiger partial charge in [-0.05, 0) is 36.4 Å². The number of urea groups is 1. The van der Waals surface area contributed by atoms with Crippen LogP contribution in [0, 0.1) is 11.6 Å². The molecule has 0 unspecified atom stereocenters. The molecule has 0 saturated carbocycles. The molecule has 0 saturated heterocycles. The molecule has 0 heterocycles. The highest BCUT2D eigenvalue weighted by atomic mass is 35.5. The molecule has 0 atom stereocenters. The first kappa shape index (κ1) is 15.7. The van der Waals surface area contributed by atoms with E-state index in [2.05, 4.69) is 10.6 Å². The van der Waals surface area contributed by atoms with Crippen LogP contribution in [0.4, 0.5) is 25.0 Å². The number of hydrogen-bond donors (Lipinski definition) is 3. The van der Waals surface area contributed by atoms with Crippen molar-refractivity contribution in [2.24, 2.45) is 5.73 Å². The van der Waals surface area contributed by atoms with Crippen molar-refractivity contribution >= 4 is 34.9 Å². The summed E-state index contributed by atoms with van der Waals surface area (Å²) in [6.07, 6.45) is 0. The average Bonchev–Trinajstić information content (AvgIpc) is 2.36. The van der Waals surface area contributed by atoms with Crippen LogP contribution in [0.3, 0.4) is 0 Å². The minimum Gasteiger partial charge on any atom is -0.366 e. The maximum atomic E-state index is 13.2. The first-order chi connectivity index (χ1) is 10.3. The maximum Gasteiger partial charge on any atom is 0.323 e. The standard InChI is InChI=1S/C14H10ClF2N3O2/c15-7-3-9(17)5-10(4-7)19-14(22)20-12-6-8(16)1-2-11(12)13(18)21/h1-6H,(H2,18,21)(H2,19,20,22). The second-order valence-electron chi connectivity index (χ2n) is 4.29. The molecule has 0 aromatic heterocycles. The largest absolute Gasteiger partial charge is 0.366 e. The van der Waals surface area contributed by atoms with Gasteiger partial charge in [-0.1, -0.05) is 11.6 Å². The van der Waals surface area contributed by atoms with Crippen LogP contribution in [0.25, 0.3) is 0 Å². The van der Waals surface area contributed by atoms with E-state index in [-0.39, 0.29) is 22.0 Å². The van der Waals surface area contributed by atoms with Crippen molar-refractivity contribution in [3.05, 3.63) is 58.6 Å². The van der Waals surface area contributed by atoms with Crippen molar-refractivity contribution in [3.63, 3.8) is 0 Å². The molecule has 2 aromatic rings. The molecule has 0 aliphatic carbocycles. The van der Waals surface area contributed by atoms with Crippen molar-refractivity contribution < 1.29 is 18.4 Å². The lowest BCUT2D eigenvalue weighted by Crippen LogP contribution is -2.22. The summed E-state index contributed by atoms with van der Waals surface area (Å²) in [6, 6.07) is 5.76. The predicted octanol–water partition coefficient (Wildman–Crippen LogP) is 3.36. The monoisotopic (exact) mass is 325 g/mol. The van der Waals surface area contributed by atoms with E-state index < -0.39 is 23.6 Å². The molecule has 0 aliphatic heterocycles. The van der Waals surface area contributed by atoms with E-state index >= 15 is 0 Å². The summed E-state index contributed by atoms with van der Waals surface area (Å²) in [6.45, 7) is 0. The zero-order valence-corrected chi connectivity index (χ0v) is 11.7. The van der Waals surface area contributed by atoms with Gasteiger partial charge in [0.05, 0.1) is 11.3 Å². The molecule has 2 rings (SSSR count). The number of anilines is 2. The van der Waals surface area contributed by atoms with Gasteiger partial charge in [0, 0.05) is 10.7 Å². The molecule has 2 aromatic carbocycles. The van der Waals surface area contributed by atoms with Gasteiger partial charge in [-0.15, -0.1) is 0 Å². The number of carbonyl (C=O) groups excluding carboxylic acids is 2. The number of nitrogens with two attached hydrogens (primary N) is 1. The van der Waals surface area contributed by atoms with Crippen molar-refractivity contribution in [2.45, 2.75) is 0 Å². The van der Waals surface area contributed by atoms with Gasteiger partial charge >= 0.3 is 6.03 Å². The van der Waals surface area contributed by atoms with Crippen LogP contribution < -0.4 is 16.4 Å². The fourth-order valence-electron chi connectivity index (χ4n) is 1.75. The topological polar surface area (TPSA) is 84.2 Å². The number of hydrogen-bond acceptors (Lipinski definition) is 2. The Kier molecular flexibility index (Phi) is 4.57. The van der Waals surface area contributed by atoms with E-state index in [1.807, 2.05) is 0 Å². The van der Waals surface area contributed by atoms with Gasteiger partial charge < -0.3 is 16.4 Å². The highest BCUT2D eigenvalue weighted by Crippen LogP contribution is 2.20. The SMILES string of the molecule is NC(=O)c1ccc(F)cc1NC(=O)Nc1cc(F)cc(Cl)c1. The molecule has 0 bridgehead atoms. The first-order valence-corrected chi connectivity index (χ1v) is 6.36. The normalized spacial score (nSPS) is 10.1. The average molecular weight is 326 g/mol. The zero-order valence-electron chi connectivity index (χ0n) is 11.0. The summed E-state index contributed by atoms with van der Waals surface area (Å²) in [5.74, 6) is -2.12. The molecule has 5 nitrogen and oxygen atoms in total. The lowest BCUT2D eigenvalue weighted by molar-refractivity contribution is 0.100. The molecule has 114 valence electrons. The van der Waals surface area contributed by atoms with Crippen LogP contribution >= 0.6 is 11.6 Å². The van der Waals surface area contributed by atoms with Gasteiger partial charge in [0.25, 0.3) is 5.91 Å². The molecule has 22 heavy (non-hydrogen) atoms. The number of primary amides is 1. The Morgan fingerprint density at radius 2 is 1.73 bits per heavy atom. The Balaban J connectivity index is 2.18. The number of amides is 3. The second-order valence-corrected chi connectivity index (χ2v) is 4.73. The summed E-state index contributed by atoms with van der Waals surface area (Å²) in [5, 5.41) is 4.67. The third-order valence-corrected chi connectivity index (χ3v) is 2.83. The van der Waals surface area contributed by atoms with E-state index in [1.165, 1.54) is 6.07 Å². The van der Waals surface area contributed by atoms with Crippen LogP contribution in [0.15, 0.2) is 36.4 Å². The summed E-state index contributed by atoms with van der Waals surface area (Å²) in [4.78, 5) is 23.1. The Labute approximate surface area is 129 Å². The fraction of sp³-hybridized carbons (Fsp3) is 0. The number of rotatable bonds is 3. The number of halogens is 3. The van der Waals surface area contributed by atoms with E-state index in [9.17, 15) is 18.4 Å². The number of carbonyl (C=O) groups is 2. The third-order valence-electron chi connectivity index (χ3n) is 2.62. The highest BCUT2D eigenvalue weighted by Gasteiger charge is 2.12. The molecular weight excluding hydrogens is 316 g/mol.